The van der Waals surface area contributed by atoms with E-state index >= 15 is 0 Å². The van der Waals surface area contributed by atoms with E-state index in [0.717, 1.165) is 0 Å². The molecule has 1 aromatic carbocycles. The van der Waals surface area contributed by atoms with Crippen LogP contribution in [0.4, 0.5) is 10.5 Å². The highest BCUT2D eigenvalue weighted by molar-refractivity contribution is 5.90. The minimum atomic E-state index is -0.299. The van der Waals surface area contributed by atoms with E-state index in [4.69, 9.17) is 10.00 Å². The number of carbonyl (C=O) groups is 1. The van der Waals surface area contributed by atoms with Crippen molar-refractivity contribution in [1.29, 1.82) is 5.26 Å². The van der Waals surface area contributed by atoms with Crippen molar-refractivity contribution < 1.29 is 9.53 Å². The number of para-hydroxylation sites is 2. The second-order valence-electron chi connectivity index (χ2n) is 3.34. The number of ether oxygens (including phenoxy) is 1. The van der Waals surface area contributed by atoms with Crippen LogP contribution in [0.1, 0.15) is 12.8 Å². The Bertz CT molecular complexity index is 412. The van der Waals surface area contributed by atoms with Crippen molar-refractivity contribution in [2.75, 3.05) is 19.0 Å². The van der Waals surface area contributed by atoms with E-state index in [0.29, 0.717) is 30.8 Å². The second kappa shape index (κ2) is 7.12. The Hall–Kier alpha value is -2.22. The summed E-state index contributed by atoms with van der Waals surface area (Å²) in [6, 6.07) is 8.89. The first kappa shape index (κ1) is 12.8. The number of hydrogen-bond donors (Lipinski definition) is 2. The molecule has 0 fully saturated rings. The van der Waals surface area contributed by atoms with Gasteiger partial charge in [-0.15, -0.1) is 0 Å². The number of nitrogens with one attached hydrogen (secondary N) is 2. The van der Waals surface area contributed by atoms with E-state index in [1.165, 1.54) is 0 Å². The Labute approximate surface area is 100 Å². The summed E-state index contributed by atoms with van der Waals surface area (Å²) in [6.07, 6.45) is 1.09. The van der Waals surface area contributed by atoms with Gasteiger partial charge >= 0.3 is 6.03 Å². The quantitative estimate of drug-likeness (QED) is 0.765. The smallest absolute Gasteiger partial charge is 0.319 e. The summed E-state index contributed by atoms with van der Waals surface area (Å²) in [5.41, 5.74) is 0.618. The van der Waals surface area contributed by atoms with Crippen LogP contribution in [0.2, 0.25) is 0 Å². The zero-order chi connectivity index (χ0) is 12.5. The fourth-order valence-corrected chi connectivity index (χ4v) is 1.28. The number of benzene rings is 1. The van der Waals surface area contributed by atoms with Crippen molar-refractivity contribution in [1.82, 2.24) is 5.32 Å². The number of urea groups is 1. The fourth-order valence-electron chi connectivity index (χ4n) is 1.28. The van der Waals surface area contributed by atoms with Gasteiger partial charge in [-0.2, -0.15) is 5.26 Å². The number of unbranched alkanes of at least 4 members (excludes halogenated alkanes) is 1. The van der Waals surface area contributed by atoms with Gasteiger partial charge in [0.2, 0.25) is 0 Å². The molecule has 0 bridgehead atoms. The summed E-state index contributed by atoms with van der Waals surface area (Å²) >= 11 is 0. The van der Waals surface area contributed by atoms with Crippen molar-refractivity contribution in [3.63, 3.8) is 0 Å². The summed E-state index contributed by atoms with van der Waals surface area (Å²) in [5.74, 6) is 0.611. The molecule has 0 aliphatic heterocycles. The SMILES string of the molecule is COc1ccccc1NC(=O)NCCCC#N. The van der Waals surface area contributed by atoms with E-state index in [1.54, 1.807) is 19.2 Å². The molecule has 5 nitrogen and oxygen atoms in total. The van der Waals surface area contributed by atoms with Gasteiger partial charge in [0.15, 0.2) is 0 Å². The van der Waals surface area contributed by atoms with Crippen molar-refractivity contribution in [2.45, 2.75) is 12.8 Å². The lowest BCUT2D eigenvalue weighted by atomic mass is 10.3. The highest BCUT2D eigenvalue weighted by Crippen LogP contribution is 2.22. The van der Waals surface area contributed by atoms with Crippen LogP contribution in [-0.2, 0) is 0 Å². The average Bonchev–Trinajstić information content (AvgIpc) is 2.35. The molecule has 0 unspecified atom stereocenters. The summed E-state index contributed by atoms with van der Waals surface area (Å²) in [6.45, 7) is 0.481. The van der Waals surface area contributed by atoms with Crippen LogP contribution < -0.4 is 15.4 Å². The number of methoxy groups -OCH3 is 1. The molecule has 0 atom stereocenters. The van der Waals surface area contributed by atoms with Gasteiger partial charge in [-0.3, -0.25) is 0 Å². The first-order valence-corrected chi connectivity index (χ1v) is 5.32. The molecular formula is C12H15N3O2. The molecular weight excluding hydrogens is 218 g/mol. The molecule has 0 aliphatic rings. The maximum Gasteiger partial charge on any atom is 0.319 e. The number of amides is 2. The molecule has 1 rings (SSSR count). The number of anilines is 1. The van der Waals surface area contributed by atoms with Crippen molar-refractivity contribution in [2.24, 2.45) is 0 Å². The monoisotopic (exact) mass is 233 g/mol. The molecule has 5 heteroatoms. The van der Waals surface area contributed by atoms with E-state index in [9.17, 15) is 4.79 Å². The van der Waals surface area contributed by atoms with E-state index < -0.39 is 0 Å². The molecule has 0 aromatic heterocycles. The third-order valence-corrected chi connectivity index (χ3v) is 2.11. The predicted octanol–water partition coefficient (Wildman–Crippen LogP) is 2.12. The summed E-state index contributed by atoms with van der Waals surface area (Å²) in [4.78, 5) is 11.5. The molecule has 0 aliphatic carbocycles. The van der Waals surface area contributed by atoms with Crippen LogP contribution in [0.15, 0.2) is 24.3 Å². The third-order valence-electron chi connectivity index (χ3n) is 2.11. The maximum absolute atomic E-state index is 11.5. The van der Waals surface area contributed by atoms with Crippen LogP contribution in [0.5, 0.6) is 5.75 Å². The lowest BCUT2D eigenvalue weighted by Gasteiger charge is -2.10. The molecule has 0 spiro atoms. The summed E-state index contributed by atoms with van der Waals surface area (Å²) in [5, 5.41) is 13.7. The van der Waals surface area contributed by atoms with Gasteiger partial charge in [0.1, 0.15) is 5.75 Å². The number of carbonyl (C=O) groups excluding carboxylic acids is 1. The molecule has 17 heavy (non-hydrogen) atoms. The Morgan fingerprint density at radius 3 is 2.94 bits per heavy atom. The van der Waals surface area contributed by atoms with Crippen LogP contribution in [-0.4, -0.2) is 19.7 Å². The summed E-state index contributed by atoms with van der Waals surface area (Å²) < 4.78 is 5.10. The average molecular weight is 233 g/mol. The molecule has 2 amide bonds. The highest BCUT2D eigenvalue weighted by atomic mass is 16.5. The van der Waals surface area contributed by atoms with E-state index in [2.05, 4.69) is 10.6 Å². The van der Waals surface area contributed by atoms with Gasteiger partial charge in [-0.05, 0) is 18.6 Å². The van der Waals surface area contributed by atoms with Gasteiger partial charge in [-0.1, -0.05) is 12.1 Å². The van der Waals surface area contributed by atoms with Gasteiger partial charge < -0.3 is 15.4 Å². The Morgan fingerprint density at radius 1 is 1.47 bits per heavy atom. The topological polar surface area (TPSA) is 74.2 Å². The number of hydrogen-bond acceptors (Lipinski definition) is 3. The summed E-state index contributed by atoms with van der Waals surface area (Å²) in [7, 11) is 1.55. The van der Waals surface area contributed by atoms with E-state index in [1.807, 2.05) is 18.2 Å². The second-order valence-corrected chi connectivity index (χ2v) is 3.34. The molecule has 0 saturated carbocycles. The first-order valence-electron chi connectivity index (χ1n) is 5.32. The fraction of sp³-hybridized carbons (Fsp3) is 0.333. The minimum absolute atomic E-state index is 0.299. The van der Waals surface area contributed by atoms with Gasteiger partial charge in [0, 0.05) is 13.0 Å². The van der Waals surface area contributed by atoms with Gasteiger partial charge in [-0.25, -0.2) is 4.79 Å². The molecule has 90 valence electrons. The molecule has 0 heterocycles. The largest absolute Gasteiger partial charge is 0.495 e. The molecule has 0 radical (unpaired) electrons. The zero-order valence-electron chi connectivity index (χ0n) is 9.69. The Balaban J connectivity index is 2.42. The Kier molecular flexibility index (Phi) is 5.38. The zero-order valence-corrected chi connectivity index (χ0v) is 9.69. The molecule has 1 aromatic rings. The van der Waals surface area contributed by atoms with Crippen molar-refractivity contribution >= 4 is 11.7 Å². The highest BCUT2D eigenvalue weighted by Gasteiger charge is 2.05. The number of nitriles is 1. The maximum atomic E-state index is 11.5. The standard InChI is InChI=1S/C12H15N3O2/c1-17-11-7-3-2-6-10(11)15-12(16)14-9-5-4-8-13/h2-3,6-7H,4-5,9H2,1H3,(H2,14,15,16). The molecule has 0 saturated heterocycles. The van der Waals surface area contributed by atoms with Crippen molar-refractivity contribution in [3.8, 4) is 11.8 Å². The van der Waals surface area contributed by atoms with Crippen LogP contribution >= 0.6 is 0 Å². The lowest BCUT2D eigenvalue weighted by Crippen LogP contribution is -2.29. The van der Waals surface area contributed by atoms with Crippen LogP contribution in [0.3, 0.4) is 0 Å². The van der Waals surface area contributed by atoms with Gasteiger partial charge in [0.05, 0.1) is 18.9 Å². The number of nitrogens with zero attached hydrogens (tertiary/aromatic N) is 1. The normalized spacial score (nSPS) is 9.18. The third kappa shape index (κ3) is 4.43. The Morgan fingerprint density at radius 2 is 2.24 bits per heavy atom. The molecule has 2 N–H and O–H groups in total. The van der Waals surface area contributed by atoms with Crippen LogP contribution in [0, 0.1) is 11.3 Å². The minimum Gasteiger partial charge on any atom is -0.495 e. The lowest BCUT2D eigenvalue weighted by molar-refractivity contribution is 0.252. The van der Waals surface area contributed by atoms with Gasteiger partial charge in [0.25, 0.3) is 0 Å². The van der Waals surface area contributed by atoms with Crippen molar-refractivity contribution in [3.05, 3.63) is 24.3 Å². The van der Waals surface area contributed by atoms with E-state index in [-0.39, 0.29) is 6.03 Å². The first-order chi connectivity index (χ1) is 8.27. The number of rotatable bonds is 5. The predicted molar refractivity (Wildman–Crippen MR) is 64.9 cm³/mol. The van der Waals surface area contributed by atoms with Crippen LogP contribution in [0.25, 0.3) is 0 Å².